The Bertz CT molecular complexity index is 371. The number of rotatable bonds is 4. The van der Waals surface area contributed by atoms with Gasteiger partial charge in [0, 0.05) is 25.6 Å². The van der Waals surface area contributed by atoms with Gasteiger partial charge in [-0.2, -0.15) is 0 Å². The third-order valence-electron chi connectivity index (χ3n) is 3.52. The van der Waals surface area contributed by atoms with Crippen LogP contribution in [0.15, 0.2) is 18.2 Å². The molecule has 1 aliphatic rings. The topological polar surface area (TPSA) is 24.1 Å². The van der Waals surface area contributed by atoms with Crippen LogP contribution in [-0.2, 0) is 6.54 Å². The number of fused-ring (bicyclic) bond motifs is 1. The van der Waals surface area contributed by atoms with E-state index in [9.17, 15) is 0 Å². The van der Waals surface area contributed by atoms with Crippen molar-refractivity contribution in [3.8, 4) is 0 Å². The van der Waals surface area contributed by atoms with E-state index in [2.05, 4.69) is 49.6 Å². The van der Waals surface area contributed by atoms with E-state index in [1.807, 2.05) is 0 Å². The molecule has 0 spiro atoms. The summed E-state index contributed by atoms with van der Waals surface area (Å²) in [6.07, 6.45) is 0. The van der Waals surface area contributed by atoms with E-state index < -0.39 is 0 Å². The molecular weight excluding hydrogens is 208 g/mol. The second kappa shape index (κ2) is 5.65. The Morgan fingerprint density at radius 2 is 2.24 bits per heavy atom. The van der Waals surface area contributed by atoms with Gasteiger partial charge in [-0.05, 0) is 36.1 Å². The molecule has 94 valence electrons. The lowest BCUT2D eigenvalue weighted by Gasteiger charge is -2.28. The van der Waals surface area contributed by atoms with Crippen LogP contribution in [0.1, 0.15) is 36.5 Å². The van der Waals surface area contributed by atoms with E-state index in [0.717, 1.165) is 32.1 Å². The predicted molar refractivity (Wildman–Crippen MR) is 73.3 cm³/mol. The summed E-state index contributed by atoms with van der Waals surface area (Å²) in [7, 11) is 0. The first-order valence-electron chi connectivity index (χ1n) is 6.68. The van der Waals surface area contributed by atoms with Crippen LogP contribution in [0.5, 0.6) is 0 Å². The van der Waals surface area contributed by atoms with E-state index in [1.54, 1.807) is 5.56 Å². The zero-order valence-electron chi connectivity index (χ0n) is 11.2. The van der Waals surface area contributed by atoms with Crippen LogP contribution in [0, 0.1) is 12.8 Å². The summed E-state index contributed by atoms with van der Waals surface area (Å²) in [6.45, 7) is 11.0. The molecule has 0 aliphatic carbocycles. The molecule has 1 unspecified atom stereocenters. The number of hydrogen-bond donors (Lipinski definition) is 2. The molecule has 2 N–H and O–H groups in total. The molecule has 0 radical (unpaired) electrons. The monoisotopic (exact) mass is 232 g/mol. The van der Waals surface area contributed by atoms with Crippen molar-refractivity contribution in [3.63, 3.8) is 0 Å². The lowest BCUT2D eigenvalue weighted by Crippen LogP contribution is -2.35. The summed E-state index contributed by atoms with van der Waals surface area (Å²) in [5, 5.41) is 7.10. The first-order valence-corrected chi connectivity index (χ1v) is 6.68. The molecule has 1 heterocycles. The molecule has 1 aromatic rings. The lowest BCUT2D eigenvalue weighted by molar-refractivity contribution is 0.475. The third kappa shape index (κ3) is 3.08. The molecule has 1 atom stereocenters. The summed E-state index contributed by atoms with van der Waals surface area (Å²) < 4.78 is 0. The predicted octanol–water partition coefficient (Wildman–Crippen LogP) is 2.43. The molecule has 2 rings (SSSR count). The number of nitrogens with one attached hydrogen (secondary N) is 2. The van der Waals surface area contributed by atoms with Crippen LogP contribution in [0.3, 0.4) is 0 Å². The van der Waals surface area contributed by atoms with Crippen molar-refractivity contribution in [2.45, 2.75) is 33.2 Å². The van der Waals surface area contributed by atoms with Crippen molar-refractivity contribution < 1.29 is 0 Å². The van der Waals surface area contributed by atoms with Crippen molar-refractivity contribution in [1.29, 1.82) is 0 Å². The van der Waals surface area contributed by atoms with Crippen LogP contribution in [0.25, 0.3) is 0 Å². The van der Waals surface area contributed by atoms with Crippen molar-refractivity contribution in [2.24, 2.45) is 5.92 Å². The molecule has 2 heteroatoms. The lowest BCUT2D eigenvalue weighted by atomic mass is 9.88. The number of aryl methyl sites for hydroxylation is 1. The highest BCUT2D eigenvalue weighted by atomic mass is 14.9. The number of hydrogen-bond acceptors (Lipinski definition) is 2. The van der Waals surface area contributed by atoms with E-state index in [4.69, 9.17) is 0 Å². The van der Waals surface area contributed by atoms with Gasteiger partial charge in [0.15, 0.2) is 0 Å². The van der Waals surface area contributed by atoms with Gasteiger partial charge in [-0.15, -0.1) is 0 Å². The minimum Gasteiger partial charge on any atom is -0.316 e. The average molecular weight is 232 g/mol. The first-order chi connectivity index (χ1) is 8.18. The molecule has 1 aliphatic heterocycles. The van der Waals surface area contributed by atoms with Gasteiger partial charge in [0.1, 0.15) is 0 Å². The standard InChI is InChI=1S/C15H24N2/c1-11(2)7-16-8-13-9-17-10-15-12(3)5-4-6-14(13)15/h4-6,11,13,16-17H,7-10H2,1-3H3. The van der Waals surface area contributed by atoms with Crippen LogP contribution in [0.2, 0.25) is 0 Å². The largest absolute Gasteiger partial charge is 0.316 e. The molecular formula is C15H24N2. The van der Waals surface area contributed by atoms with Crippen molar-refractivity contribution in [1.82, 2.24) is 10.6 Å². The fourth-order valence-electron chi connectivity index (χ4n) is 2.56. The minimum atomic E-state index is 0.623. The zero-order chi connectivity index (χ0) is 12.3. The van der Waals surface area contributed by atoms with E-state index in [0.29, 0.717) is 5.92 Å². The van der Waals surface area contributed by atoms with Crippen LogP contribution < -0.4 is 10.6 Å². The Labute approximate surface area is 105 Å². The number of benzene rings is 1. The fourth-order valence-corrected chi connectivity index (χ4v) is 2.56. The Hall–Kier alpha value is -0.860. The maximum absolute atomic E-state index is 3.57. The molecule has 0 amide bonds. The van der Waals surface area contributed by atoms with Gasteiger partial charge in [0.25, 0.3) is 0 Å². The summed E-state index contributed by atoms with van der Waals surface area (Å²) >= 11 is 0. The summed E-state index contributed by atoms with van der Waals surface area (Å²) in [5.41, 5.74) is 4.47. The molecule has 0 saturated carbocycles. The van der Waals surface area contributed by atoms with Gasteiger partial charge in [-0.1, -0.05) is 32.0 Å². The van der Waals surface area contributed by atoms with E-state index in [1.165, 1.54) is 11.1 Å². The van der Waals surface area contributed by atoms with Gasteiger partial charge in [-0.3, -0.25) is 0 Å². The van der Waals surface area contributed by atoms with Gasteiger partial charge in [-0.25, -0.2) is 0 Å². The SMILES string of the molecule is Cc1cccc2c1CNCC2CNCC(C)C. The molecule has 0 bridgehead atoms. The molecule has 0 saturated heterocycles. The van der Waals surface area contributed by atoms with E-state index in [-0.39, 0.29) is 0 Å². The molecule has 0 aromatic heterocycles. The molecule has 17 heavy (non-hydrogen) atoms. The smallest absolute Gasteiger partial charge is 0.0211 e. The maximum Gasteiger partial charge on any atom is 0.0211 e. The maximum atomic E-state index is 3.57. The molecule has 2 nitrogen and oxygen atoms in total. The van der Waals surface area contributed by atoms with Gasteiger partial charge in [0.05, 0.1) is 0 Å². The van der Waals surface area contributed by atoms with E-state index >= 15 is 0 Å². The fraction of sp³-hybridized carbons (Fsp3) is 0.600. The van der Waals surface area contributed by atoms with Gasteiger partial charge >= 0.3 is 0 Å². The first kappa shape index (κ1) is 12.6. The second-order valence-corrected chi connectivity index (χ2v) is 5.52. The summed E-state index contributed by atoms with van der Waals surface area (Å²) in [6, 6.07) is 6.70. The van der Waals surface area contributed by atoms with Crippen molar-refractivity contribution in [2.75, 3.05) is 19.6 Å². The van der Waals surface area contributed by atoms with Gasteiger partial charge < -0.3 is 10.6 Å². The quantitative estimate of drug-likeness (QED) is 0.833. The van der Waals surface area contributed by atoms with Crippen LogP contribution in [0.4, 0.5) is 0 Å². The van der Waals surface area contributed by atoms with Crippen LogP contribution in [-0.4, -0.2) is 19.6 Å². The Balaban J connectivity index is 2.04. The Morgan fingerprint density at radius 1 is 1.41 bits per heavy atom. The third-order valence-corrected chi connectivity index (χ3v) is 3.52. The molecule has 0 fully saturated rings. The summed E-state index contributed by atoms with van der Waals surface area (Å²) in [5.74, 6) is 1.35. The average Bonchev–Trinajstić information content (AvgIpc) is 2.30. The Kier molecular flexibility index (Phi) is 4.19. The van der Waals surface area contributed by atoms with Crippen molar-refractivity contribution in [3.05, 3.63) is 34.9 Å². The normalized spacial score (nSPS) is 19.4. The second-order valence-electron chi connectivity index (χ2n) is 5.52. The van der Waals surface area contributed by atoms with Crippen molar-refractivity contribution >= 4 is 0 Å². The summed E-state index contributed by atoms with van der Waals surface area (Å²) in [4.78, 5) is 0. The Morgan fingerprint density at radius 3 is 3.00 bits per heavy atom. The highest BCUT2D eigenvalue weighted by Gasteiger charge is 2.20. The van der Waals surface area contributed by atoms with Gasteiger partial charge in [0.2, 0.25) is 0 Å². The van der Waals surface area contributed by atoms with Crippen LogP contribution >= 0.6 is 0 Å². The molecule has 1 aromatic carbocycles. The minimum absolute atomic E-state index is 0.623. The highest BCUT2D eigenvalue weighted by Crippen LogP contribution is 2.25. The zero-order valence-corrected chi connectivity index (χ0v) is 11.2. The highest BCUT2D eigenvalue weighted by molar-refractivity contribution is 5.38.